The first-order valence-corrected chi connectivity index (χ1v) is 7.12. The summed E-state index contributed by atoms with van der Waals surface area (Å²) in [5.41, 5.74) is 0. The summed E-state index contributed by atoms with van der Waals surface area (Å²) in [4.78, 5) is 13.7. The number of hydrogen-bond acceptors (Lipinski definition) is 2. The van der Waals surface area contributed by atoms with Gasteiger partial charge in [0.1, 0.15) is 0 Å². The molecule has 0 fully saturated rings. The van der Waals surface area contributed by atoms with Crippen molar-refractivity contribution in [1.82, 2.24) is 4.90 Å². The zero-order valence-electron chi connectivity index (χ0n) is 11.2. The molecule has 0 spiro atoms. The predicted octanol–water partition coefficient (Wildman–Crippen LogP) is 3.06. The van der Waals surface area contributed by atoms with Gasteiger partial charge in [-0.15, -0.1) is 11.6 Å². The Morgan fingerprint density at radius 1 is 1.18 bits per heavy atom. The number of rotatable bonds is 11. The molecule has 102 valence electrons. The van der Waals surface area contributed by atoms with E-state index in [9.17, 15) is 4.79 Å². The Hall–Kier alpha value is -0.280. The van der Waals surface area contributed by atoms with Crippen LogP contribution >= 0.6 is 11.6 Å². The summed E-state index contributed by atoms with van der Waals surface area (Å²) in [5.74, 6) is 0.699. The largest absolute Gasteiger partial charge is 0.383 e. The number of halogens is 1. The molecule has 0 rings (SSSR count). The van der Waals surface area contributed by atoms with Gasteiger partial charge >= 0.3 is 0 Å². The van der Waals surface area contributed by atoms with Crippen molar-refractivity contribution < 1.29 is 9.53 Å². The van der Waals surface area contributed by atoms with E-state index in [-0.39, 0.29) is 5.91 Å². The van der Waals surface area contributed by atoms with E-state index in [1.807, 2.05) is 0 Å². The molecule has 0 N–H and O–H groups in total. The lowest BCUT2D eigenvalue weighted by Gasteiger charge is -2.21. The Morgan fingerprint density at radius 2 is 1.88 bits per heavy atom. The SMILES string of the molecule is CCCCCCCC(=O)N(CCCl)CCOC. The van der Waals surface area contributed by atoms with E-state index < -0.39 is 0 Å². The second-order valence-electron chi connectivity index (χ2n) is 4.23. The van der Waals surface area contributed by atoms with Crippen molar-refractivity contribution >= 4 is 17.5 Å². The molecule has 0 unspecified atom stereocenters. The van der Waals surface area contributed by atoms with Crippen LogP contribution in [-0.4, -0.2) is 43.5 Å². The van der Waals surface area contributed by atoms with Crippen molar-refractivity contribution in [2.75, 3.05) is 32.7 Å². The Morgan fingerprint density at radius 3 is 2.47 bits per heavy atom. The molecule has 0 aromatic carbocycles. The van der Waals surface area contributed by atoms with Gasteiger partial charge in [0.25, 0.3) is 0 Å². The van der Waals surface area contributed by atoms with Gasteiger partial charge in [-0.1, -0.05) is 32.6 Å². The number of carbonyl (C=O) groups excluding carboxylic acids is 1. The Labute approximate surface area is 110 Å². The van der Waals surface area contributed by atoms with E-state index in [4.69, 9.17) is 16.3 Å². The van der Waals surface area contributed by atoms with E-state index >= 15 is 0 Å². The summed E-state index contributed by atoms with van der Waals surface area (Å²) in [5, 5.41) is 0. The van der Waals surface area contributed by atoms with Crippen LogP contribution in [-0.2, 0) is 9.53 Å². The average Bonchev–Trinajstić information content (AvgIpc) is 2.34. The Kier molecular flexibility index (Phi) is 12.0. The van der Waals surface area contributed by atoms with Gasteiger partial charge in [0, 0.05) is 32.5 Å². The number of methoxy groups -OCH3 is 1. The number of hydrogen-bond donors (Lipinski definition) is 0. The van der Waals surface area contributed by atoms with Crippen LogP contribution in [0.5, 0.6) is 0 Å². The van der Waals surface area contributed by atoms with Gasteiger partial charge in [0.2, 0.25) is 5.91 Å². The fourth-order valence-corrected chi connectivity index (χ4v) is 1.91. The van der Waals surface area contributed by atoms with Crippen LogP contribution in [0.1, 0.15) is 45.4 Å². The number of carbonyl (C=O) groups is 1. The number of amides is 1. The minimum Gasteiger partial charge on any atom is -0.383 e. The third-order valence-electron chi connectivity index (χ3n) is 2.77. The number of ether oxygens (including phenoxy) is 1. The van der Waals surface area contributed by atoms with Gasteiger partial charge in [-0.05, 0) is 6.42 Å². The van der Waals surface area contributed by atoms with Crippen molar-refractivity contribution in [2.24, 2.45) is 0 Å². The zero-order valence-corrected chi connectivity index (χ0v) is 12.0. The van der Waals surface area contributed by atoms with E-state index in [2.05, 4.69) is 6.92 Å². The van der Waals surface area contributed by atoms with Gasteiger partial charge in [0.05, 0.1) is 6.61 Å². The van der Waals surface area contributed by atoms with Crippen LogP contribution in [0.2, 0.25) is 0 Å². The van der Waals surface area contributed by atoms with Crippen LogP contribution in [0.3, 0.4) is 0 Å². The maximum absolute atomic E-state index is 11.9. The molecular formula is C13H26ClNO2. The smallest absolute Gasteiger partial charge is 0.222 e. The molecule has 3 nitrogen and oxygen atoms in total. The van der Waals surface area contributed by atoms with Crippen LogP contribution in [0.25, 0.3) is 0 Å². The molecule has 0 saturated carbocycles. The van der Waals surface area contributed by atoms with Gasteiger partial charge in [-0.2, -0.15) is 0 Å². The topological polar surface area (TPSA) is 29.5 Å². The molecule has 0 bridgehead atoms. The summed E-state index contributed by atoms with van der Waals surface area (Å²) < 4.78 is 4.99. The maximum atomic E-state index is 11.9. The highest BCUT2D eigenvalue weighted by Crippen LogP contribution is 2.07. The molecule has 0 saturated heterocycles. The average molecular weight is 264 g/mol. The Bertz CT molecular complexity index is 188. The molecule has 0 aromatic rings. The fourth-order valence-electron chi connectivity index (χ4n) is 1.70. The minimum atomic E-state index is 0.208. The molecule has 0 aliphatic heterocycles. The standard InChI is InChI=1S/C13H26ClNO2/c1-3-4-5-6-7-8-13(16)15(10-9-14)11-12-17-2/h3-12H2,1-2H3. The maximum Gasteiger partial charge on any atom is 0.222 e. The molecule has 0 aliphatic rings. The lowest BCUT2D eigenvalue weighted by atomic mass is 10.1. The highest BCUT2D eigenvalue weighted by molar-refractivity contribution is 6.18. The van der Waals surface area contributed by atoms with Gasteiger partial charge in [0.15, 0.2) is 0 Å². The first-order chi connectivity index (χ1) is 8.26. The fraction of sp³-hybridized carbons (Fsp3) is 0.923. The quantitative estimate of drug-likeness (QED) is 0.424. The van der Waals surface area contributed by atoms with Crippen molar-refractivity contribution in [3.05, 3.63) is 0 Å². The first-order valence-electron chi connectivity index (χ1n) is 6.59. The third kappa shape index (κ3) is 9.42. The molecule has 0 aromatic heterocycles. The van der Waals surface area contributed by atoms with Crippen LogP contribution in [0.4, 0.5) is 0 Å². The molecule has 4 heteroatoms. The summed E-state index contributed by atoms with van der Waals surface area (Å²) >= 11 is 5.69. The molecule has 0 atom stereocenters. The predicted molar refractivity (Wildman–Crippen MR) is 72.6 cm³/mol. The van der Waals surface area contributed by atoms with Crippen LogP contribution in [0, 0.1) is 0 Å². The summed E-state index contributed by atoms with van der Waals surface area (Å²) in [7, 11) is 1.65. The van der Waals surface area contributed by atoms with Crippen LogP contribution < -0.4 is 0 Å². The molecule has 1 amide bonds. The minimum absolute atomic E-state index is 0.208. The Balaban J connectivity index is 3.72. The highest BCUT2D eigenvalue weighted by atomic mass is 35.5. The van der Waals surface area contributed by atoms with Crippen molar-refractivity contribution in [1.29, 1.82) is 0 Å². The second-order valence-corrected chi connectivity index (χ2v) is 4.60. The van der Waals surface area contributed by atoms with Crippen molar-refractivity contribution in [3.8, 4) is 0 Å². The summed E-state index contributed by atoms with van der Waals surface area (Å²) in [6.07, 6.45) is 6.52. The first kappa shape index (κ1) is 16.7. The zero-order chi connectivity index (χ0) is 12.9. The van der Waals surface area contributed by atoms with E-state index in [1.54, 1.807) is 12.0 Å². The highest BCUT2D eigenvalue weighted by Gasteiger charge is 2.11. The monoisotopic (exact) mass is 263 g/mol. The van der Waals surface area contributed by atoms with Gasteiger partial charge < -0.3 is 9.64 Å². The van der Waals surface area contributed by atoms with Gasteiger partial charge in [-0.25, -0.2) is 0 Å². The summed E-state index contributed by atoms with van der Waals surface area (Å²) in [6.45, 7) is 4.05. The lowest BCUT2D eigenvalue weighted by molar-refractivity contribution is -0.131. The van der Waals surface area contributed by atoms with E-state index in [0.717, 1.165) is 12.8 Å². The molecule has 0 heterocycles. The van der Waals surface area contributed by atoms with Gasteiger partial charge in [-0.3, -0.25) is 4.79 Å². The number of alkyl halides is 1. The van der Waals surface area contributed by atoms with E-state index in [1.165, 1.54) is 19.3 Å². The normalized spacial score (nSPS) is 10.5. The lowest BCUT2D eigenvalue weighted by Crippen LogP contribution is -2.35. The second kappa shape index (κ2) is 12.2. The number of unbranched alkanes of at least 4 members (excludes halogenated alkanes) is 4. The third-order valence-corrected chi connectivity index (χ3v) is 2.94. The van der Waals surface area contributed by atoms with Crippen molar-refractivity contribution in [3.63, 3.8) is 0 Å². The molecule has 0 radical (unpaired) electrons. The van der Waals surface area contributed by atoms with Crippen molar-refractivity contribution in [2.45, 2.75) is 45.4 Å². The van der Waals surface area contributed by atoms with Crippen LogP contribution in [0.15, 0.2) is 0 Å². The van der Waals surface area contributed by atoms with E-state index in [0.29, 0.717) is 32.0 Å². The molecular weight excluding hydrogens is 238 g/mol. The number of nitrogens with zero attached hydrogens (tertiary/aromatic N) is 1. The molecule has 0 aliphatic carbocycles. The summed E-state index contributed by atoms with van der Waals surface area (Å²) in [6, 6.07) is 0. The molecule has 17 heavy (non-hydrogen) atoms.